The van der Waals surface area contributed by atoms with Crippen molar-refractivity contribution in [3.63, 3.8) is 0 Å². The van der Waals surface area contributed by atoms with Crippen molar-refractivity contribution in [2.45, 2.75) is 51.7 Å². The number of carbonyl (C=O) groups is 2. The number of benzene rings is 1. The molecule has 0 spiro atoms. The molecule has 1 amide bonds. The number of amides is 1. The maximum atomic E-state index is 12.2. The number of rotatable bonds is 6. The van der Waals surface area contributed by atoms with E-state index >= 15 is 0 Å². The number of nitrogens with one attached hydrogen (secondary N) is 1. The van der Waals surface area contributed by atoms with Crippen LogP contribution in [-0.2, 0) is 14.3 Å². The second-order valence-electron chi connectivity index (χ2n) is 6.56. The predicted octanol–water partition coefficient (Wildman–Crippen LogP) is 3.34. The summed E-state index contributed by atoms with van der Waals surface area (Å²) in [4.78, 5) is 24.1. The minimum atomic E-state index is -0.804. The van der Waals surface area contributed by atoms with Gasteiger partial charge in [0.15, 0.2) is 6.10 Å². The van der Waals surface area contributed by atoms with E-state index in [-0.39, 0.29) is 11.9 Å². The van der Waals surface area contributed by atoms with Gasteiger partial charge in [0.25, 0.3) is 5.91 Å². The maximum absolute atomic E-state index is 12.2. The summed E-state index contributed by atoms with van der Waals surface area (Å²) in [6, 6.07) is 7.47. The second-order valence-corrected chi connectivity index (χ2v) is 6.56. The first-order valence-corrected chi connectivity index (χ1v) is 8.82. The molecule has 136 valence electrons. The molecule has 2 rings (SSSR count). The minimum absolute atomic E-state index is 0.178. The summed E-state index contributed by atoms with van der Waals surface area (Å²) in [6.07, 6.45) is 6.64. The lowest BCUT2D eigenvalue weighted by Crippen LogP contribution is -2.45. The van der Waals surface area contributed by atoms with Gasteiger partial charge < -0.3 is 14.8 Å². The fourth-order valence-electron chi connectivity index (χ4n) is 2.98. The fourth-order valence-corrected chi connectivity index (χ4v) is 2.98. The van der Waals surface area contributed by atoms with Crippen LogP contribution in [0.5, 0.6) is 5.75 Å². The molecule has 1 aliphatic rings. The summed E-state index contributed by atoms with van der Waals surface area (Å²) in [6.45, 7) is 3.75. The maximum Gasteiger partial charge on any atom is 0.331 e. The first-order chi connectivity index (χ1) is 12.0. The zero-order chi connectivity index (χ0) is 18.2. The lowest BCUT2D eigenvalue weighted by Gasteiger charge is -2.30. The summed E-state index contributed by atoms with van der Waals surface area (Å²) < 4.78 is 10.3. The Morgan fingerprint density at radius 3 is 2.52 bits per heavy atom. The van der Waals surface area contributed by atoms with Crippen molar-refractivity contribution in [2.75, 3.05) is 7.11 Å². The highest BCUT2D eigenvalue weighted by atomic mass is 16.5. The van der Waals surface area contributed by atoms with Crippen molar-refractivity contribution in [1.29, 1.82) is 0 Å². The largest absolute Gasteiger partial charge is 0.497 e. The first-order valence-electron chi connectivity index (χ1n) is 8.82. The zero-order valence-corrected chi connectivity index (χ0v) is 15.2. The molecular weight excluding hydrogens is 318 g/mol. The molecule has 5 nitrogen and oxygen atoms in total. The molecule has 1 aromatic carbocycles. The Morgan fingerprint density at radius 2 is 1.88 bits per heavy atom. The van der Waals surface area contributed by atoms with Crippen LogP contribution in [0.4, 0.5) is 0 Å². The third-order valence-electron chi connectivity index (χ3n) is 4.63. The molecule has 1 N–H and O–H groups in total. The van der Waals surface area contributed by atoms with Gasteiger partial charge in [-0.15, -0.1) is 0 Å². The number of hydrogen-bond donors (Lipinski definition) is 1. The van der Waals surface area contributed by atoms with Gasteiger partial charge in [0.05, 0.1) is 7.11 Å². The van der Waals surface area contributed by atoms with Gasteiger partial charge >= 0.3 is 5.97 Å². The molecule has 0 radical (unpaired) electrons. The lowest BCUT2D eigenvalue weighted by atomic mass is 9.86. The monoisotopic (exact) mass is 345 g/mol. The van der Waals surface area contributed by atoms with Crippen molar-refractivity contribution in [3.8, 4) is 5.75 Å². The highest BCUT2D eigenvalue weighted by molar-refractivity contribution is 5.90. The molecule has 0 heterocycles. The summed E-state index contributed by atoms with van der Waals surface area (Å²) in [5.41, 5.74) is 0.853. The lowest BCUT2D eigenvalue weighted by molar-refractivity contribution is -0.150. The summed E-state index contributed by atoms with van der Waals surface area (Å²) in [5, 5.41) is 3.01. The summed E-state index contributed by atoms with van der Waals surface area (Å²) in [5.74, 6) is 0.456. The standard InChI is InChI=1S/C20H27NO4/c1-14-6-4-5-7-18(14)21-20(23)15(2)25-19(22)13-10-16-8-11-17(24-3)12-9-16/h8-15,18H,4-7H2,1-3H3,(H,21,23)/b13-10+. The Bertz CT molecular complexity index is 609. The number of carbonyl (C=O) groups excluding carboxylic acids is 2. The van der Waals surface area contributed by atoms with E-state index in [1.54, 1.807) is 20.1 Å². The molecule has 25 heavy (non-hydrogen) atoms. The van der Waals surface area contributed by atoms with Gasteiger partial charge in [-0.25, -0.2) is 4.79 Å². The molecule has 0 aliphatic heterocycles. The van der Waals surface area contributed by atoms with Crippen LogP contribution in [0.1, 0.15) is 45.1 Å². The summed E-state index contributed by atoms with van der Waals surface area (Å²) >= 11 is 0. The molecule has 5 heteroatoms. The number of hydrogen-bond acceptors (Lipinski definition) is 4. The van der Waals surface area contributed by atoms with E-state index in [4.69, 9.17) is 9.47 Å². The molecule has 1 fully saturated rings. The number of methoxy groups -OCH3 is 1. The molecular formula is C20H27NO4. The van der Waals surface area contributed by atoms with Gasteiger partial charge in [-0.2, -0.15) is 0 Å². The van der Waals surface area contributed by atoms with E-state index in [9.17, 15) is 9.59 Å². The van der Waals surface area contributed by atoms with E-state index in [1.807, 2.05) is 24.3 Å². The second kappa shape index (κ2) is 9.25. The molecule has 1 saturated carbocycles. The van der Waals surface area contributed by atoms with Crippen LogP contribution in [0.2, 0.25) is 0 Å². The molecule has 1 aliphatic carbocycles. The molecule has 3 unspecified atom stereocenters. The van der Waals surface area contributed by atoms with Gasteiger partial charge in [0.2, 0.25) is 0 Å². The van der Waals surface area contributed by atoms with Gasteiger partial charge in [0.1, 0.15) is 5.75 Å². The molecule has 1 aromatic rings. The summed E-state index contributed by atoms with van der Waals surface area (Å²) in [7, 11) is 1.60. The van der Waals surface area contributed by atoms with Crippen LogP contribution in [0.25, 0.3) is 6.08 Å². The van der Waals surface area contributed by atoms with Gasteiger partial charge in [0, 0.05) is 12.1 Å². The van der Waals surface area contributed by atoms with Crippen LogP contribution in [0.3, 0.4) is 0 Å². The fraction of sp³-hybridized carbons (Fsp3) is 0.500. The third-order valence-corrected chi connectivity index (χ3v) is 4.63. The average Bonchev–Trinajstić information content (AvgIpc) is 2.62. The van der Waals surface area contributed by atoms with Crippen molar-refractivity contribution < 1.29 is 19.1 Å². The highest BCUT2D eigenvalue weighted by Crippen LogP contribution is 2.23. The first kappa shape index (κ1) is 19.0. The van der Waals surface area contributed by atoms with Crippen molar-refractivity contribution >= 4 is 18.0 Å². The van der Waals surface area contributed by atoms with E-state index < -0.39 is 12.1 Å². The number of ether oxygens (including phenoxy) is 2. The van der Waals surface area contributed by atoms with Crippen molar-refractivity contribution in [1.82, 2.24) is 5.32 Å². The van der Waals surface area contributed by atoms with E-state index in [0.717, 1.165) is 30.6 Å². The smallest absolute Gasteiger partial charge is 0.331 e. The Hall–Kier alpha value is -2.30. The molecule has 0 saturated heterocycles. The Balaban J connectivity index is 1.81. The van der Waals surface area contributed by atoms with Crippen molar-refractivity contribution in [2.24, 2.45) is 5.92 Å². The molecule has 0 aromatic heterocycles. The van der Waals surface area contributed by atoms with Crippen LogP contribution < -0.4 is 10.1 Å². The van der Waals surface area contributed by atoms with Gasteiger partial charge in [-0.1, -0.05) is 31.9 Å². The van der Waals surface area contributed by atoms with Crippen LogP contribution in [0, 0.1) is 5.92 Å². The average molecular weight is 345 g/mol. The van der Waals surface area contributed by atoms with Crippen LogP contribution >= 0.6 is 0 Å². The zero-order valence-electron chi connectivity index (χ0n) is 15.2. The van der Waals surface area contributed by atoms with Crippen LogP contribution in [-0.4, -0.2) is 31.1 Å². The Kier molecular flexibility index (Phi) is 7.04. The van der Waals surface area contributed by atoms with Gasteiger partial charge in [-0.05, 0) is 49.5 Å². The molecule has 3 atom stereocenters. The third kappa shape index (κ3) is 5.93. The number of esters is 1. The SMILES string of the molecule is COc1ccc(/C=C/C(=O)OC(C)C(=O)NC2CCCCC2C)cc1. The van der Waals surface area contributed by atoms with E-state index in [1.165, 1.54) is 12.5 Å². The Labute approximate surface area is 149 Å². The quantitative estimate of drug-likeness (QED) is 0.634. The topological polar surface area (TPSA) is 64.6 Å². The van der Waals surface area contributed by atoms with E-state index in [2.05, 4.69) is 12.2 Å². The van der Waals surface area contributed by atoms with E-state index in [0.29, 0.717) is 5.92 Å². The molecule has 0 bridgehead atoms. The van der Waals surface area contributed by atoms with Crippen molar-refractivity contribution in [3.05, 3.63) is 35.9 Å². The normalized spacial score (nSPS) is 21.6. The highest BCUT2D eigenvalue weighted by Gasteiger charge is 2.25. The van der Waals surface area contributed by atoms with Crippen LogP contribution in [0.15, 0.2) is 30.3 Å². The van der Waals surface area contributed by atoms with Gasteiger partial charge in [-0.3, -0.25) is 4.79 Å². The minimum Gasteiger partial charge on any atom is -0.497 e. The predicted molar refractivity (Wildman–Crippen MR) is 97.1 cm³/mol. The Morgan fingerprint density at radius 1 is 1.20 bits per heavy atom.